The molecule has 5 rings (SSSR count). The van der Waals surface area contributed by atoms with Crippen molar-refractivity contribution >= 4 is 44.8 Å². The Hall–Kier alpha value is -2.59. The number of hydrogen-bond acceptors (Lipinski definition) is 10. The number of aromatic nitrogens is 2. The Bertz CT molecular complexity index is 1510. The van der Waals surface area contributed by atoms with Gasteiger partial charge in [0.05, 0.1) is 16.5 Å². The lowest BCUT2D eigenvalue weighted by Crippen LogP contribution is -2.31. The molecule has 0 spiro atoms. The third kappa shape index (κ3) is 5.82. The van der Waals surface area contributed by atoms with Crippen molar-refractivity contribution in [3.63, 3.8) is 0 Å². The van der Waals surface area contributed by atoms with Gasteiger partial charge in [-0.2, -0.15) is 21.9 Å². The van der Waals surface area contributed by atoms with Crippen LogP contribution in [0.4, 0.5) is 14.6 Å². The van der Waals surface area contributed by atoms with E-state index in [4.69, 9.17) is 20.5 Å². The number of aliphatic hydroxyl groups is 1. The van der Waals surface area contributed by atoms with E-state index in [-0.39, 0.29) is 40.4 Å². The van der Waals surface area contributed by atoms with E-state index in [1.54, 1.807) is 11.4 Å². The van der Waals surface area contributed by atoms with Gasteiger partial charge in [-0.15, -0.1) is 11.3 Å². The smallest absolute Gasteiger partial charge is 0.335 e. The van der Waals surface area contributed by atoms with Crippen LogP contribution >= 0.6 is 22.9 Å². The molecule has 3 N–H and O–H groups in total. The first-order valence-electron chi connectivity index (χ1n) is 11.8. The molecule has 3 aromatic rings. The normalized spacial score (nSPS) is 24.3. The van der Waals surface area contributed by atoms with E-state index in [2.05, 4.69) is 15.3 Å². The van der Waals surface area contributed by atoms with Crippen LogP contribution in [0.1, 0.15) is 50.9 Å². The van der Waals surface area contributed by atoms with Gasteiger partial charge in [0.15, 0.2) is 0 Å². The van der Waals surface area contributed by atoms with E-state index in [0.29, 0.717) is 10.4 Å². The molecule has 15 heteroatoms. The zero-order chi connectivity index (χ0) is 27.9. The molecule has 2 aliphatic rings. The maximum Gasteiger partial charge on any atom is 0.335 e. The molecule has 4 atom stereocenters. The number of ether oxygens (including phenoxy) is 1. The predicted octanol–water partition coefficient (Wildman–Crippen LogP) is 3.42. The summed E-state index contributed by atoms with van der Waals surface area (Å²) in [5.74, 6) is -3.38. The minimum absolute atomic E-state index is 0.146. The third-order valence-electron chi connectivity index (χ3n) is 6.54. The van der Waals surface area contributed by atoms with Crippen LogP contribution in [0.3, 0.4) is 0 Å². The first-order chi connectivity index (χ1) is 18.5. The molecule has 208 valence electrons. The molecule has 1 aromatic carbocycles. The van der Waals surface area contributed by atoms with Gasteiger partial charge in [-0.25, -0.2) is 9.97 Å². The Kier molecular flexibility index (Phi) is 7.72. The molecule has 10 nitrogen and oxygen atoms in total. The average Bonchev–Trinajstić information content (AvgIpc) is 3.50. The topological polar surface area (TPSA) is 140 Å². The number of benzene rings is 1. The summed E-state index contributed by atoms with van der Waals surface area (Å²) in [5, 5.41) is 15.3. The van der Waals surface area contributed by atoms with Gasteiger partial charge in [0.1, 0.15) is 31.0 Å². The summed E-state index contributed by atoms with van der Waals surface area (Å²) >= 11 is 7.19. The second kappa shape index (κ2) is 10.8. The molecule has 0 amide bonds. The van der Waals surface area contributed by atoms with Crippen LogP contribution in [0, 0.1) is 0 Å². The van der Waals surface area contributed by atoms with Crippen molar-refractivity contribution in [1.29, 1.82) is 0 Å². The highest BCUT2D eigenvalue weighted by atomic mass is 35.5. The van der Waals surface area contributed by atoms with Crippen LogP contribution < -0.4 is 10.0 Å². The number of carbonyl (C=O) groups is 1. The van der Waals surface area contributed by atoms with Crippen LogP contribution in [0.15, 0.2) is 42.2 Å². The third-order valence-corrected chi connectivity index (χ3v) is 8.72. The van der Waals surface area contributed by atoms with E-state index in [1.807, 2.05) is 4.72 Å². The molecular weight excluding hydrogens is 578 g/mol. The Balaban J connectivity index is 1.35. The van der Waals surface area contributed by atoms with Crippen molar-refractivity contribution in [1.82, 2.24) is 14.7 Å². The summed E-state index contributed by atoms with van der Waals surface area (Å²) in [7, 11) is -2.80. The molecule has 0 radical (unpaired) electrons. The number of alkyl halides is 2. The van der Waals surface area contributed by atoms with E-state index in [9.17, 15) is 27.1 Å². The van der Waals surface area contributed by atoms with Crippen molar-refractivity contribution in [2.45, 2.75) is 43.1 Å². The second-order valence-corrected chi connectivity index (χ2v) is 12.0. The van der Waals surface area contributed by atoms with E-state index >= 15 is 0 Å². The second-order valence-electron chi connectivity index (χ2n) is 9.16. The molecule has 0 unspecified atom stereocenters. The fourth-order valence-electron chi connectivity index (χ4n) is 4.67. The number of fused-ring (bicyclic) bond motifs is 1. The zero-order valence-electron chi connectivity index (χ0n) is 20.3. The molecule has 0 saturated heterocycles. The summed E-state index contributed by atoms with van der Waals surface area (Å²) in [5.41, 5.74) is 0.733. The van der Waals surface area contributed by atoms with Gasteiger partial charge in [0.25, 0.3) is 5.92 Å². The highest BCUT2D eigenvalue weighted by Gasteiger charge is 2.42. The van der Waals surface area contributed by atoms with Crippen molar-refractivity contribution in [3.8, 4) is 0 Å². The molecular formula is C24H23ClF2N4O6S2. The average molecular weight is 601 g/mol. The maximum atomic E-state index is 14.4. The Morgan fingerprint density at radius 2 is 2.10 bits per heavy atom. The Morgan fingerprint density at radius 3 is 2.87 bits per heavy atom. The fourth-order valence-corrected chi connectivity index (χ4v) is 6.35. The van der Waals surface area contributed by atoms with E-state index < -0.39 is 53.0 Å². The van der Waals surface area contributed by atoms with Crippen LogP contribution in [-0.4, -0.2) is 61.2 Å². The van der Waals surface area contributed by atoms with Gasteiger partial charge >= 0.3 is 10.3 Å². The highest BCUT2D eigenvalue weighted by molar-refractivity contribution is 7.84. The molecule has 2 aromatic heterocycles. The van der Waals surface area contributed by atoms with Gasteiger partial charge in [-0.3, -0.25) is 8.98 Å². The number of thiophene rings is 1. The Morgan fingerprint density at radius 1 is 1.31 bits per heavy atom. The molecule has 1 fully saturated rings. The number of carbonyl (C=O) groups excluding carboxylic acids is 1. The quantitative estimate of drug-likeness (QED) is 0.332. The minimum Gasteiger partial charge on any atom is -0.390 e. The van der Waals surface area contributed by atoms with Crippen molar-refractivity contribution in [2.24, 2.45) is 0 Å². The van der Waals surface area contributed by atoms with Crippen molar-refractivity contribution in [3.05, 3.63) is 74.3 Å². The molecule has 1 aliphatic carbocycles. The van der Waals surface area contributed by atoms with Gasteiger partial charge in [0, 0.05) is 29.9 Å². The van der Waals surface area contributed by atoms with Crippen LogP contribution in [-0.2, 0) is 25.1 Å². The van der Waals surface area contributed by atoms with Crippen LogP contribution in [0.25, 0.3) is 0 Å². The molecule has 0 bridgehead atoms. The first-order valence-corrected chi connectivity index (χ1v) is 14.4. The molecule has 39 heavy (non-hydrogen) atoms. The summed E-state index contributed by atoms with van der Waals surface area (Å²) in [6.45, 7) is -0.806. The standard InChI is InChI=1S/C24H23ClF2N4O6S2/c1-28-39(34,35)37-19-7-14(6-18(19)32)31-23-16(8-29-11-30-23)21(33)20-4-12(9-38-20)22-15-5-13(25)2-3-17(15)24(26,27)10-36-22/h2-5,8-9,11,14,18-19,22,28,32H,6-7,10H2,1H3,(H,29,30,31)/t14-,18+,19-,22-/m1/s1. The van der Waals surface area contributed by atoms with Gasteiger partial charge in [-0.05, 0) is 47.5 Å². The largest absolute Gasteiger partial charge is 0.390 e. The number of ketones is 1. The maximum absolute atomic E-state index is 14.4. The fraction of sp³-hybridized carbons (Fsp3) is 0.375. The molecule has 1 saturated carbocycles. The lowest BCUT2D eigenvalue weighted by atomic mass is 9.92. The van der Waals surface area contributed by atoms with Crippen molar-refractivity contribution in [2.75, 3.05) is 19.0 Å². The Labute approximate surface area is 231 Å². The summed E-state index contributed by atoms with van der Waals surface area (Å²) < 4.78 is 64.8. The number of aliphatic hydroxyl groups excluding tert-OH is 1. The summed E-state index contributed by atoms with van der Waals surface area (Å²) in [4.78, 5) is 21.9. The van der Waals surface area contributed by atoms with Gasteiger partial charge < -0.3 is 15.2 Å². The SMILES string of the molecule is CNS(=O)(=O)O[C@@H]1C[C@H](Nc2ncncc2C(=O)c2cc([C@H]3OCC(F)(F)c4ccc(Cl)cc43)cs2)C[C@@H]1O. The first kappa shape index (κ1) is 28.0. The van der Waals surface area contributed by atoms with E-state index in [0.717, 1.165) is 11.3 Å². The highest BCUT2D eigenvalue weighted by Crippen LogP contribution is 2.44. The van der Waals surface area contributed by atoms with E-state index in [1.165, 1.54) is 37.8 Å². The lowest BCUT2D eigenvalue weighted by molar-refractivity contribution is -0.115. The summed E-state index contributed by atoms with van der Waals surface area (Å²) in [6, 6.07) is 5.27. The zero-order valence-corrected chi connectivity index (χ0v) is 22.7. The van der Waals surface area contributed by atoms with Gasteiger partial charge in [-0.1, -0.05) is 17.7 Å². The predicted molar refractivity (Wildman–Crippen MR) is 138 cm³/mol. The van der Waals surface area contributed by atoms with Crippen molar-refractivity contribution < 1.29 is 36.0 Å². The summed E-state index contributed by atoms with van der Waals surface area (Å²) in [6.07, 6.45) is 0.0530. The number of anilines is 1. The minimum atomic E-state index is -4.00. The molecule has 3 heterocycles. The number of rotatable bonds is 8. The molecule has 1 aliphatic heterocycles. The lowest BCUT2D eigenvalue weighted by Gasteiger charge is -2.31. The number of halogens is 3. The number of hydrogen-bond donors (Lipinski definition) is 3. The van der Waals surface area contributed by atoms with Crippen LogP contribution in [0.5, 0.6) is 0 Å². The number of nitrogens with zero attached hydrogens (tertiary/aromatic N) is 2. The monoisotopic (exact) mass is 600 g/mol. The number of nitrogens with one attached hydrogen (secondary N) is 2. The van der Waals surface area contributed by atoms with Crippen LogP contribution in [0.2, 0.25) is 5.02 Å². The van der Waals surface area contributed by atoms with Gasteiger partial charge in [0.2, 0.25) is 5.78 Å².